The molecular formula is C20H23ClN4O3S2. The van der Waals surface area contributed by atoms with Crippen LogP contribution in [0.25, 0.3) is 11.0 Å². The molecule has 0 bridgehead atoms. The molecule has 30 heavy (non-hydrogen) atoms. The number of aromatic nitrogens is 2. The Kier molecular flexibility index (Phi) is 7.07. The van der Waals surface area contributed by atoms with Gasteiger partial charge >= 0.3 is 0 Å². The molecule has 1 heterocycles. The number of sulfonamides is 1. The van der Waals surface area contributed by atoms with Crippen molar-refractivity contribution in [1.82, 2.24) is 19.6 Å². The number of hydrogen-bond donors (Lipinski definition) is 2. The summed E-state index contributed by atoms with van der Waals surface area (Å²) in [6.07, 6.45) is 2.64. The van der Waals surface area contributed by atoms with E-state index < -0.39 is 15.9 Å². The summed E-state index contributed by atoms with van der Waals surface area (Å²) >= 11 is 7.88. The average Bonchev–Trinajstić information content (AvgIpc) is 3.15. The van der Waals surface area contributed by atoms with Crippen LogP contribution in [0.5, 0.6) is 0 Å². The van der Waals surface area contributed by atoms with Crippen LogP contribution in [-0.2, 0) is 10.0 Å². The number of rotatable bonds is 8. The first kappa shape index (κ1) is 22.6. The number of para-hydroxylation sites is 2. The standard InChI is InChI=1S/C20H23ClN4O3S2/c1-25(2)30(27,28)13-8-9-15(21)14(12-13)20(26)24-18(10-11-29-3)19-22-16-6-4-5-7-17(16)23-19/h4-9,12,18H,10-11H2,1-3H3,(H,22,23)(H,24,26). The van der Waals surface area contributed by atoms with Crippen LogP contribution < -0.4 is 5.32 Å². The van der Waals surface area contributed by atoms with Gasteiger partial charge in [-0.15, -0.1) is 0 Å². The summed E-state index contributed by atoms with van der Waals surface area (Å²) in [5.74, 6) is 0.999. The Morgan fingerprint density at radius 3 is 2.67 bits per heavy atom. The minimum absolute atomic E-state index is 0.00597. The minimum Gasteiger partial charge on any atom is -0.342 e. The predicted octanol–water partition coefficient (Wildman–Crippen LogP) is 3.69. The van der Waals surface area contributed by atoms with Gasteiger partial charge in [0.15, 0.2) is 0 Å². The predicted molar refractivity (Wildman–Crippen MR) is 122 cm³/mol. The quantitative estimate of drug-likeness (QED) is 0.528. The topological polar surface area (TPSA) is 95.2 Å². The van der Waals surface area contributed by atoms with Gasteiger partial charge in [-0.25, -0.2) is 17.7 Å². The summed E-state index contributed by atoms with van der Waals surface area (Å²) < 4.78 is 26.0. The van der Waals surface area contributed by atoms with E-state index >= 15 is 0 Å². The maximum absolute atomic E-state index is 13.0. The van der Waals surface area contributed by atoms with Crippen LogP contribution in [0.15, 0.2) is 47.4 Å². The first-order chi connectivity index (χ1) is 14.2. The van der Waals surface area contributed by atoms with Crippen molar-refractivity contribution in [3.8, 4) is 0 Å². The zero-order valence-electron chi connectivity index (χ0n) is 16.8. The number of hydrogen-bond acceptors (Lipinski definition) is 5. The lowest BCUT2D eigenvalue weighted by molar-refractivity contribution is 0.0934. The molecule has 0 fully saturated rings. The Hall–Kier alpha value is -2.07. The monoisotopic (exact) mass is 466 g/mol. The van der Waals surface area contributed by atoms with Gasteiger partial charge in [-0.1, -0.05) is 23.7 Å². The molecule has 0 aliphatic rings. The molecule has 10 heteroatoms. The second-order valence-corrected chi connectivity index (χ2v) is 10.4. The van der Waals surface area contributed by atoms with E-state index in [1.165, 1.54) is 32.3 Å². The molecule has 2 N–H and O–H groups in total. The molecule has 1 atom stereocenters. The molecule has 3 rings (SSSR count). The third kappa shape index (κ3) is 4.80. The number of benzene rings is 2. The van der Waals surface area contributed by atoms with Crippen LogP contribution in [0.2, 0.25) is 5.02 Å². The van der Waals surface area contributed by atoms with Crippen LogP contribution in [0, 0.1) is 0 Å². The number of thioether (sulfide) groups is 1. The maximum Gasteiger partial charge on any atom is 0.253 e. The van der Waals surface area contributed by atoms with E-state index in [2.05, 4.69) is 15.3 Å². The van der Waals surface area contributed by atoms with E-state index in [1.807, 2.05) is 30.5 Å². The van der Waals surface area contributed by atoms with Crippen molar-refractivity contribution in [2.75, 3.05) is 26.1 Å². The summed E-state index contributed by atoms with van der Waals surface area (Å²) in [6, 6.07) is 11.4. The summed E-state index contributed by atoms with van der Waals surface area (Å²) in [7, 11) is -0.821. The summed E-state index contributed by atoms with van der Waals surface area (Å²) in [5, 5.41) is 3.13. The Bertz CT molecular complexity index is 1130. The van der Waals surface area contributed by atoms with E-state index in [9.17, 15) is 13.2 Å². The smallest absolute Gasteiger partial charge is 0.253 e. The van der Waals surface area contributed by atoms with E-state index in [0.29, 0.717) is 12.2 Å². The average molecular weight is 467 g/mol. The largest absolute Gasteiger partial charge is 0.342 e. The zero-order chi connectivity index (χ0) is 21.9. The fourth-order valence-corrected chi connectivity index (χ4v) is 4.54. The Morgan fingerprint density at radius 2 is 2.00 bits per heavy atom. The molecule has 0 aliphatic carbocycles. The number of nitrogens with zero attached hydrogens (tertiary/aromatic N) is 2. The van der Waals surface area contributed by atoms with Crippen molar-refractivity contribution >= 4 is 50.3 Å². The van der Waals surface area contributed by atoms with Crippen LogP contribution in [0.1, 0.15) is 28.6 Å². The van der Waals surface area contributed by atoms with Gasteiger partial charge in [0.25, 0.3) is 5.91 Å². The van der Waals surface area contributed by atoms with Gasteiger partial charge in [0, 0.05) is 14.1 Å². The Balaban J connectivity index is 1.92. The van der Waals surface area contributed by atoms with Crippen LogP contribution in [-0.4, -0.2) is 54.7 Å². The Morgan fingerprint density at radius 1 is 1.27 bits per heavy atom. The molecule has 3 aromatic rings. The lowest BCUT2D eigenvalue weighted by Crippen LogP contribution is -2.30. The number of imidazole rings is 1. The van der Waals surface area contributed by atoms with E-state index in [4.69, 9.17) is 11.6 Å². The summed E-state index contributed by atoms with van der Waals surface area (Å²) in [6.45, 7) is 0. The highest BCUT2D eigenvalue weighted by Gasteiger charge is 2.24. The van der Waals surface area contributed by atoms with E-state index in [0.717, 1.165) is 21.1 Å². The first-order valence-electron chi connectivity index (χ1n) is 9.20. The number of carbonyl (C=O) groups excluding carboxylic acids is 1. The third-order valence-corrected chi connectivity index (χ3v) is 7.40. The molecule has 0 saturated heterocycles. The summed E-state index contributed by atoms with van der Waals surface area (Å²) in [5.41, 5.74) is 1.80. The molecule has 0 spiro atoms. The van der Waals surface area contributed by atoms with E-state index in [-0.39, 0.29) is 21.5 Å². The highest BCUT2D eigenvalue weighted by Crippen LogP contribution is 2.25. The van der Waals surface area contributed by atoms with Gasteiger partial charge in [-0.2, -0.15) is 11.8 Å². The number of carbonyl (C=O) groups is 1. The number of fused-ring (bicyclic) bond motifs is 1. The molecule has 2 aromatic carbocycles. The van der Waals surface area contributed by atoms with Crippen LogP contribution in [0.4, 0.5) is 0 Å². The van der Waals surface area contributed by atoms with Gasteiger partial charge in [-0.3, -0.25) is 4.79 Å². The fraction of sp³-hybridized carbons (Fsp3) is 0.300. The van der Waals surface area contributed by atoms with Crippen molar-refractivity contribution in [1.29, 1.82) is 0 Å². The number of H-pyrrole nitrogens is 1. The van der Waals surface area contributed by atoms with Crippen molar-refractivity contribution < 1.29 is 13.2 Å². The molecule has 0 radical (unpaired) electrons. The highest BCUT2D eigenvalue weighted by atomic mass is 35.5. The highest BCUT2D eigenvalue weighted by molar-refractivity contribution is 7.98. The number of aromatic amines is 1. The van der Waals surface area contributed by atoms with Gasteiger partial charge in [0.05, 0.1) is 32.6 Å². The fourth-order valence-electron chi connectivity index (χ4n) is 2.94. The number of halogens is 1. The molecule has 7 nitrogen and oxygen atoms in total. The maximum atomic E-state index is 13.0. The van der Waals surface area contributed by atoms with Crippen molar-refractivity contribution in [3.63, 3.8) is 0 Å². The molecule has 1 aromatic heterocycles. The van der Waals surface area contributed by atoms with E-state index in [1.54, 1.807) is 11.8 Å². The van der Waals surface area contributed by atoms with Gasteiger partial charge < -0.3 is 10.3 Å². The molecule has 0 aliphatic heterocycles. The lowest BCUT2D eigenvalue weighted by Gasteiger charge is -2.18. The minimum atomic E-state index is -3.69. The molecular weight excluding hydrogens is 444 g/mol. The zero-order valence-corrected chi connectivity index (χ0v) is 19.2. The second kappa shape index (κ2) is 9.38. The van der Waals surface area contributed by atoms with Crippen molar-refractivity contribution in [2.24, 2.45) is 0 Å². The normalized spacial score (nSPS) is 13.0. The second-order valence-electron chi connectivity index (χ2n) is 6.88. The third-order valence-electron chi connectivity index (χ3n) is 4.61. The number of nitrogens with one attached hydrogen (secondary N) is 2. The molecule has 1 unspecified atom stereocenters. The summed E-state index contributed by atoms with van der Waals surface area (Å²) in [4.78, 5) is 20.9. The van der Waals surface area contributed by atoms with Crippen LogP contribution in [0.3, 0.4) is 0 Å². The molecule has 160 valence electrons. The van der Waals surface area contributed by atoms with Gasteiger partial charge in [0.1, 0.15) is 5.82 Å². The van der Waals surface area contributed by atoms with Crippen molar-refractivity contribution in [3.05, 3.63) is 58.9 Å². The van der Waals surface area contributed by atoms with Gasteiger partial charge in [-0.05, 0) is 48.8 Å². The first-order valence-corrected chi connectivity index (χ1v) is 12.4. The number of amides is 1. The molecule has 1 amide bonds. The lowest BCUT2D eigenvalue weighted by atomic mass is 10.1. The molecule has 0 saturated carbocycles. The van der Waals surface area contributed by atoms with Crippen LogP contribution >= 0.6 is 23.4 Å². The van der Waals surface area contributed by atoms with Crippen molar-refractivity contribution in [2.45, 2.75) is 17.4 Å². The SMILES string of the molecule is CSCCC(NC(=O)c1cc(S(=O)(=O)N(C)C)ccc1Cl)c1nc2ccccc2[nH]1. The van der Waals surface area contributed by atoms with Gasteiger partial charge in [0.2, 0.25) is 10.0 Å². The Labute approximate surface area is 185 Å².